The van der Waals surface area contributed by atoms with Crippen LogP contribution in [0.5, 0.6) is 11.5 Å². The molecule has 1 aliphatic heterocycles. The van der Waals surface area contributed by atoms with Crippen molar-refractivity contribution in [2.45, 2.75) is 39.9 Å². The Hall–Kier alpha value is -2.22. The van der Waals surface area contributed by atoms with Crippen molar-refractivity contribution in [2.24, 2.45) is 0 Å². The van der Waals surface area contributed by atoms with Crippen molar-refractivity contribution in [3.63, 3.8) is 0 Å². The van der Waals surface area contributed by atoms with Crippen LogP contribution in [0, 0.1) is 5.39 Å². The lowest BCUT2D eigenvalue weighted by molar-refractivity contribution is -0.175. The fourth-order valence-corrected chi connectivity index (χ4v) is 2.25. The first-order chi connectivity index (χ1) is 12.6. The second-order valence-electron chi connectivity index (χ2n) is 6.06. The van der Waals surface area contributed by atoms with Crippen LogP contribution in [0.2, 0.25) is 0 Å². The third-order valence-electron chi connectivity index (χ3n) is 3.02. The van der Waals surface area contributed by atoms with Crippen LogP contribution >= 0.6 is 0 Å². The molecule has 0 aliphatic carbocycles. The van der Waals surface area contributed by atoms with Crippen LogP contribution in [0.1, 0.15) is 27.7 Å². The zero-order chi connectivity index (χ0) is 21.0. The Labute approximate surface area is 156 Å². The van der Waals surface area contributed by atoms with E-state index in [0.717, 1.165) is 43.5 Å². The molecular formula is C16H26BF4N3O3. The van der Waals surface area contributed by atoms with Gasteiger partial charge in [0.05, 0.1) is 36.5 Å². The first-order valence-electron chi connectivity index (χ1n) is 8.46. The Kier molecular flexibility index (Phi) is 11.2. The van der Waals surface area contributed by atoms with E-state index in [1.54, 1.807) is 0 Å². The zero-order valence-electron chi connectivity index (χ0n) is 15.9. The van der Waals surface area contributed by atoms with E-state index in [4.69, 9.17) is 25.0 Å². The predicted octanol–water partition coefficient (Wildman–Crippen LogP) is 2.68. The highest BCUT2D eigenvalue weighted by molar-refractivity contribution is 6.50. The highest BCUT2D eigenvalue weighted by Crippen LogP contribution is 2.34. The van der Waals surface area contributed by atoms with Crippen molar-refractivity contribution < 1.29 is 36.9 Å². The SMILES string of the molecule is CC(C)Oc1ccc(OC(C)C)c(N2CCOCC2)c1.F[B-](F)(F)F.N#[NH+]. The monoisotopic (exact) mass is 395 g/mol. The molecule has 11 heteroatoms. The molecular weight excluding hydrogens is 369 g/mol. The number of hydrogen-bond donors (Lipinski definition) is 1. The van der Waals surface area contributed by atoms with Gasteiger partial charge < -0.3 is 36.4 Å². The lowest BCUT2D eigenvalue weighted by Gasteiger charge is -2.31. The third-order valence-corrected chi connectivity index (χ3v) is 3.02. The van der Waals surface area contributed by atoms with Crippen molar-refractivity contribution in [3.8, 4) is 11.5 Å². The topological polar surface area (TPSA) is 78.5 Å². The number of anilines is 1. The summed E-state index contributed by atoms with van der Waals surface area (Å²) in [6.45, 7) is 11.5. The van der Waals surface area contributed by atoms with E-state index in [-0.39, 0.29) is 12.2 Å². The Balaban J connectivity index is 0.000000838. The Morgan fingerprint density at radius 3 is 1.93 bits per heavy atom. The third kappa shape index (κ3) is 11.9. The Bertz CT molecular complexity index is 560. The number of rotatable bonds is 5. The summed E-state index contributed by atoms with van der Waals surface area (Å²) in [5.74, 6) is 1.80. The summed E-state index contributed by atoms with van der Waals surface area (Å²) in [7, 11) is -6.00. The maximum atomic E-state index is 9.75. The largest absolute Gasteiger partial charge is 0.673 e. The number of ether oxygens (including phenoxy) is 3. The van der Waals surface area contributed by atoms with Gasteiger partial charge in [0.2, 0.25) is 5.39 Å². The summed E-state index contributed by atoms with van der Waals surface area (Å²) in [6, 6.07) is 6.05. The second-order valence-corrected chi connectivity index (χ2v) is 6.06. The second kappa shape index (κ2) is 12.2. The van der Waals surface area contributed by atoms with E-state index >= 15 is 0 Å². The molecule has 2 rings (SSSR count). The van der Waals surface area contributed by atoms with E-state index in [2.05, 4.69) is 11.0 Å². The minimum absolute atomic E-state index is 0.159. The number of nitrogens with zero attached hydrogens (tertiary/aromatic N) is 2. The molecule has 0 bridgehead atoms. The molecule has 0 unspecified atom stereocenters. The molecule has 1 heterocycles. The number of morpholine rings is 1. The molecule has 0 spiro atoms. The summed E-state index contributed by atoms with van der Waals surface area (Å²) >= 11 is 0. The molecule has 1 N–H and O–H groups in total. The molecule has 0 radical (unpaired) electrons. The lowest BCUT2D eigenvalue weighted by Crippen LogP contribution is -2.36. The van der Waals surface area contributed by atoms with Crippen molar-refractivity contribution in [3.05, 3.63) is 18.2 Å². The van der Waals surface area contributed by atoms with Gasteiger partial charge >= 0.3 is 7.25 Å². The van der Waals surface area contributed by atoms with Crippen molar-refractivity contribution in [1.82, 2.24) is 0 Å². The minimum atomic E-state index is -6.00. The fraction of sp³-hybridized carbons (Fsp3) is 0.625. The summed E-state index contributed by atoms with van der Waals surface area (Å²) in [5.41, 5.74) is 1.10. The van der Waals surface area contributed by atoms with Gasteiger partial charge in [-0.3, -0.25) is 0 Å². The van der Waals surface area contributed by atoms with Gasteiger partial charge in [0.1, 0.15) is 11.5 Å². The molecule has 154 valence electrons. The standard InChI is InChI=1S/C16H25NO3.BF4.N2/c1-12(2)19-14-5-6-16(20-13(3)4)15(11-14)17-7-9-18-10-8-17;2-1(3,4)5;1-2/h5-6,11-13H,7-10H2,1-4H3;;/q;-1;/p+1. The number of diazo groups is 1. The van der Waals surface area contributed by atoms with Gasteiger partial charge in [-0.1, -0.05) is 0 Å². The summed E-state index contributed by atoms with van der Waals surface area (Å²) in [4.78, 5) is 2.30. The highest BCUT2D eigenvalue weighted by atomic mass is 19.5. The molecule has 6 nitrogen and oxygen atoms in total. The molecule has 1 aliphatic rings. The van der Waals surface area contributed by atoms with E-state index in [1.807, 2.05) is 39.8 Å². The van der Waals surface area contributed by atoms with E-state index in [0.29, 0.717) is 0 Å². The molecule has 0 saturated carbocycles. The van der Waals surface area contributed by atoms with E-state index in [9.17, 15) is 17.3 Å². The molecule has 27 heavy (non-hydrogen) atoms. The molecule has 0 aromatic heterocycles. The van der Waals surface area contributed by atoms with Crippen LogP contribution in [-0.2, 0) is 4.74 Å². The Morgan fingerprint density at radius 2 is 1.48 bits per heavy atom. The van der Waals surface area contributed by atoms with Crippen LogP contribution in [-0.4, -0.2) is 45.8 Å². The van der Waals surface area contributed by atoms with Crippen molar-refractivity contribution in [1.29, 1.82) is 5.39 Å². The van der Waals surface area contributed by atoms with Gasteiger partial charge in [0, 0.05) is 19.2 Å². The lowest BCUT2D eigenvalue weighted by atomic mass is 10.2. The smallest absolute Gasteiger partial charge is 0.491 e. The van der Waals surface area contributed by atoms with Gasteiger partial charge in [-0.15, -0.1) is 0 Å². The maximum Gasteiger partial charge on any atom is 0.673 e. The maximum absolute atomic E-state index is 9.75. The number of hydrogen-bond acceptors (Lipinski definition) is 5. The zero-order valence-corrected chi connectivity index (χ0v) is 15.9. The van der Waals surface area contributed by atoms with Gasteiger partial charge in [-0.25, -0.2) is 0 Å². The molecule has 0 atom stereocenters. The first kappa shape index (κ1) is 24.8. The minimum Gasteiger partial charge on any atom is -0.491 e. The molecule has 1 saturated heterocycles. The van der Waals surface area contributed by atoms with E-state index in [1.165, 1.54) is 0 Å². The van der Waals surface area contributed by atoms with Crippen molar-refractivity contribution >= 4 is 12.9 Å². The summed E-state index contributed by atoms with van der Waals surface area (Å²) in [6.07, 6.45) is 0.330. The number of halogens is 4. The Morgan fingerprint density at radius 1 is 1.00 bits per heavy atom. The predicted molar refractivity (Wildman–Crippen MR) is 93.9 cm³/mol. The quantitative estimate of drug-likeness (QED) is 0.471. The molecule has 0 amide bonds. The summed E-state index contributed by atoms with van der Waals surface area (Å²) < 4.78 is 56.1. The molecule has 1 fully saturated rings. The normalized spacial score (nSPS) is 14.0. The van der Waals surface area contributed by atoms with Crippen LogP contribution in [0.3, 0.4) is 0 Å². The average Bonchev–Trinajstić information content (AvgIpc) is 2.56. The van der Waals surface area contributed by atoms with Crippen LogP contribution in [0.15, 0.2) is 18.2 Å². The van der Waals surface area contributed by atoms with Gasteiger partial charge in [0.15, 0.2) is 0 Å². The fourth-order valence-electron chi connectivity index (χ4n) is 2.25. The van der Waals surface area contributed by atoms with Gasteiger partial charge in [0.25, 0.3) is 0 Å². The molecule has 1 aromatic carbocycles. The van der Waals surface area contributed by atoms with Crippen LogP contribution in [0.4, 0.5) is 23.0 Å². The van der Waals surface area contributed by atoms with E-state index < -0.39 is 7.25 Å². The molecule has 1 aromatic rings. The number of benzene rings is 1. The summed E-state index contributed by atoms with van der Waals surface area (Å²) in [5, 5.41) is 11.0. The van der Waals surface area contributed by atoms with Gasteiger partial charge in [-0.05, 0) is 39.8 Å². The van der Waals surface area contributed by atoms with Crippen molar-refractivity contribution in [2.75, 3.05) is 31.2 Å². The average molecular weight is 395 g/mol. The van der Waals surface area contributed by atoms with Gasteiger partial charge in [-0.2, -0.15) is 0 Å². The number of nitrogens with one attached hydrogen (secondary N) is 1. The first-order valence-corrected chi connectivity index (χ1v) is 8.46. The highest BCUT2D eigenvalue weighted by Gasteiger charge is 2.20. The van der Waals surface area contributed by atoms with Crippen LogP contribution < -0.4 is 19.8 Å². The van der Waals surface area contributed by atoms with Crippen LogP contribution in [0.25, 0.3) is 0 Å².